The van der Waals surface area contributed by atoms with Crippen LogP contribution in [0.25, 0.3) is 10.9 Å². The van der Waals surface area contributed by atoms with Gasteiger partial charge < -0.3 is 5.73 Å². The Morgan fingerprint density at radius 1 is 1.30 bits per heavy atom. The average Bonchev–Trinajstić information content (AvgIpc) is 2.79. The Morgan fingerprint density at radius 3 is 2.85 bits per heavy atom. The van der Waals surface area contributed by atoms with Crippen LogP contribution in [0.1, 0.15) is 22.0 Å². The molecule has 2 aromatic heterocycles. The number of rotatable bonds is 3. The summed E-state index contributed by atoms with van der Waals surface area (Å²) in [4.78, 5) is 5.44. The van der Waals surface area contributed by atoms with Crippen LogP contribution in [0, 0.1) is 6.92 Å². The van der Waals surface area contributed by atoms with E-state index in [4.69, 9.17) is 17.3 Å². The monoisotopic (exact) mass is 302 g/mol. The summed E-state index contributed by atoms with van der Waals surface area (Å²) >= 11 is 7.94. The number of pyridine rings is 1. The number of hydrogen-bond donors (Lipinski definition) is 1. The number of nitrogens with zero attached hydrogens (tertiary/aromatic N) is 1. The quantitative estimate of drug-likeness (QED) is 0.773. The molecular weight excluding hydrogens is 288 g/mol. The van der Waals surface area contributed by atoms with E-state index in [0.717, 1.165) is 32.8 Å². The van der Waals surface area contributed by atoms with Gasteiger partial charge in [-0.25, -0.2) is 0 Å². The van der Waals surface area contributed by atoms with E-state index in [9.17, 15) is 0 Å². The molecular formula is C16H15ClN2S. The highest BCUT2D eigenvalue weighted by atomic mass is 35.5. The number of fused-ring (bicyclic) bond motifs is 1. The molecule has 0 aliphatic heterocycles. The summed E-state index contributed by atoms with van der Waals surface area (Å²) in [6, 6.07) is 10.1. The van der Waals surface area contributed by atoms with Gasteiger partial charge in [0.05, 0.1) is 10.5 Å². The molecule has 1 atom stereocenters. The van der Waals surface area contributed by atoms with Crippen LogP contribution in [0.4, 0.5) is 0 Å². The first-order chi connectivity index (χ1) is 9.66. The van der Waals surface area contributed by atoms with Gasteiger partial charge in [-0.3, -0.25) is 4.98 Å². The molecule has 0 saturated heterocycles. The normalized spacial score (nSPS) is 12.8. The Hall–Kier alpha value is -1.42. The van der Waals surface area contributed by atoms with Crippen LogP contribution in [0.2, 0.25) is 5.02 Å². The van der Waals surface area contributed by atoms with Gasteiger partial charge in [-0.1, -0.05) is 29.8 Å². The highest BCUT2D eigenvalue weighted by Gasteiger charge is 2.15. The van der Waals surface area contributed by atoms with Gasteiger partial charge in [-0.05, 0) is 42.0 Å². The lowest BCUT2D eigenvalue weighted by molar-refractivity contribution is 0.739. The fraction of sp³-hybridized carbons (Fsp3) is 0.188. The molecule has 0 aliphatic carbocycles. The van der Waals surface area contributed by atoms with E-state index in [0.29, 0.717) is 0 Å². The third-order valence-corrected chi connectivity index (χ3v) is 5.29. The Morgan fingerprint density at radius 2 is 2.10 bits per heavy atom. The molecule has 0 aliphatic rings. The fourth-order valence-electron chi connectivity index (χ4n) is 2.36. The van der Waals surface area contributed by atoms with Crippen molar-refractivity contribution < 1.29 is 0 Å². The third-order valence-electron chi connectivity index (χ3n) is 3.44. The van der Waals surface area contributed by atoms with E-state index < -0.39 is 0 Å². The van der Waals surface area contributed by atoms with Crippen molar-refractivity contribution in [1.29, 1.82) is 0 Å². The van der Waals surface area contributed by atoms with Crippen LogP contribution < -0.4 is 5.73 Å². The summed E-state index contributed by atoms with van der Waals surface area (Å²) in [5.74, 6) is 0. The number of aromatic nitrogens is 1. The van der Waals surface area contributed by atoms with Gasteiger partial charge in [0.2, 0.25) is 0 Å². The van der Waals surface area contributed by atoms with Crippen LogP contribution in [0.15, 0.2) is 41.9 Å². The molecule has 2 N–H and O–H groups in total. The number of halogens is 1. The SMILES string of the molecule is Cc1csc(C(N)Cc2ccnc3ccccc23)c1Cl. The number of benzene rings is 1. The van der Waals surface area contributed by atoms with Crippen molar-refractivity contribution in [3.8, 4) is 0 Å². The van der Waals surface area contributed by atoms with E-state index in [1.807, 2.05) is 37.4 Å². The van der Waals surface area contributed by atoms with Gasteiger partial charge in [0.1, 0.15) is 0 Å². The van der Waals surface area contributed by atoms with Gasteiger partial charge >= 0.3 is 0 Å². The molecule has 1 unspecified atom stereocenters. The molecule has 0 saturated carbocycles. The van der Waals surface area contributed by atoms with E-state index in [1.165, 1.54) is 5.56 Å². The predicted octanol–water partition coefficient (Wildman–Crippen LogP) is 4.50. The average molecular weight is 303 g/mol. The summed E-state index contributed by atoms with van der Waals surface area (Å²) in [5, 5.41) is 4.03. The maximum atomic E-state index is 6.34. The lowest BCUT2D eigenvalue weighted by Gasteiger charge is -2.12. The maximum absolute atomic E-state index is 6.34. The van der Waals surface area contributed by atoms with Gasteiger partial charge in [-0.2, -0.15) is 0 Å². The molecule has 4 heteroatoms. The lowest BCUT2D eigenvalue weighted by atomic mass is 10.0. The topological polar surface area (TPSA) is 38.9 Å². The summed E-state index contributed by atoms with van der Waals surface area (Å²) in [6.45, 7) is 2.01. The fourth-order valence-corrected chi connectivity index (χ4v) is 3.70. The summed E-state index contributed by atoms with van der Waals surface area (Å²) in [6.07, 6.45) is 2.61. The van der Waals surface area contributed by atoms with Crippen molar-refractivity contribution in [2.45, 2.75) is 19.4 Å². The van der Waals surface area contributed by atoms with Crippen molar-refractivity contribution >= 4 is 33.8 Å². The summed E-state index contributed by atoms with van der Waals surface area (Å²) in [5.41, 5.74) is 9.65. The van der Waals surface area contributed by atoms with Crippen molar-refractivity contribution in [2.75, 3.05) is 0 Å². The summed E-state index contributed by atoms with van der Waals surface area (Å²) < 4.78 is 0. The number of nitrogens with two attached hydrogens (primary N) is 1. The first-order valence-corrected chi connectivity index (χ1v) is 7.74. The zero-order valence-corrected chi connectivity index (χ0v) is 12.7. The Bertz CT molecular complexity index is 746. The van der Waals surface area contributed by atoms with Crippen molar-refractivity contribution in [2.24, 2.45) is 5.73 Å². The van der Waals surface area contributed by atoms with Gasteiger partial charge in [0.25, 0.3) is 0 Å². The minimum absolute atomic E-state index is 0.0768. The smallest absolute Gasteiger partial charge is 0.0704 e. The molecule has 2 heterocycles. The molecule has 0 radical (unpaired) electrons. The number of para-hydroxylation sites is 1. The molecule has 1 aromatic carbocycles. The highest BCUT2D eigenvalue weighted by molar-refractivity contribution is 7.10. The van der Waals surface area contributed by atoms with E-state index >= 15 is 0 Å². The second-order valence-corrected chi connectivity index (χ2v) is 6.18. The summed E-state index contributed by atoms with van der Waals surface area (Å²) in [7, 11) is 0. The van der Waals surface area contributed by atoms with Crippen LogP contribution in [-0.4, -0.2) is 4.98 Å². The van der Waals surface area contributed by atoms with Crippen LogP contribution >= 0.6 is 22.9 Å². The first kappa shape index (κ1) is 13.6. The maximum Gasteiger partial charge on any atom is 0.0704 e. The van der Waals surface area contributed by atoms with Crippen LogP contribution in [-0.2, 0) is 6.42 Å². The first-order valence-electron chi connectivity index (χ1n) is 6.48. The number of thiophene rings is 1. The number of aryl methyl sites for hydroxylation is 1. The molecule has 102 valence electrons. The second-order valence-electron chi connectivity index (χ2n) is 4.89. The van der Waals surface area contributed by atoms with Crippen LogP contribution in [0.3, 0.4) is 0 Å². The van der Waals surface area contributed by atoms with E-state index in [1.54, 1.807) is 11.3 Å². The second kappa shape index (κ2) is 5.52. The van der Waals surface area contributed by atoms with E-state index in [-0.39, 0.29) is 6.04 Å². The van der Waals surface area contributed by atoms with Gasteiger partial charge in [-0.15, -0.1) is 11.3 Å². The van der Waals surface area contributed by atoms with Crippen molar-refractivity contribution in [1.82, 2.24) is 4.98 Å². The Labute approximate surface area is 127 Å². The standard InChI is InChI=1S/C16H15ClN2S/c1-10-9-20-16(15(10)17)13(18)8-11-6-7-19-14-5-3-2-4-12(11)14/h2-7,9,13H,8,18H2,1H3. The molecule has 2 nitrogen and oxygen atoms in total. The molecule has 3 aromatic rings. The molecule has 20 heavy (non-hydrogen) atoms. The van der Waals surface area contributed by atoms with Crippen molar-refractivity contribution in [3.63, 3.8) is 0 Å². The van der Waals surface area contributed by atoms with Gasteiger partial charge in [0, 0.05) is 22.5 Å². The highest BCUT2D eigenvalue weighted by Crippen LogP contribution is 2.33. The Kier molecular flexibility index (Phi) is 3.74. The number of hydrogen-bond acceptors (Lipinski definition) is 3. The Balaban J connectivity index is 1.95. The van der Waals surface area contributed by atoms with E-state index in [2.05, 4.69) is 16.4 Å². The lowest BCUT2D eigenvalue weighted by Crippen LogP contribution is -2.12. The predicted molar refractivity (Wildman–Crippen MR) is 86.4 cm³/mol. The zero-order valence-electron chi connectivity index (χ0n) is 11.1. The zero-order chi connectivity index (χ0) is 14.1. The molecule has 0 amide bonds. The minimum Gasteiger partial charge on any atom is -0.323 e. The minimum atomic E-state index is -0.0768. The molecule has 0 bridgehead atoms. The van der Waals surface area contributed by atoms with Crippen molar-refractivity contribution in [3.05, 3.63) is 62.9 Å². The molecule has 0 spiro atoms. The molecule has 3 rings (SSSR count). The van der Waals surface area contributed by atoms with Gasteiger partial charge in [0.15, 0.2) is 0 Å². The third kappa shape index (κ3) is 2.44. The molecule has 0 fully saturated rings. The largest absolute Gasteiger partial charge is 0.323 e. The van der Waals surface area contributed by atoms with Crippen LogP contribution in [0.5, 0.6) is 0 Å².